The van der Waals surface area contributed by atoms with Crippen LogP contribution in [0.4, 0.5) is 17.6 Å². The zero-order chi connectivity index (χ0) is 35.7. The van der Waals surface area contributed by atoms with Crippen LogP contribution in [0.2, 0.25) is 0 Å². The third-order valence-electron chi connectivity index (χ3n) is 9.83. The van der Waals surface area contributed by atoms with Crippen molar-refractivity contribution in [3.63, 3.8) is 0 Å². The Morgan fingerprint density at radius 2 is 1.24 bits per heavy atom. The van der Waals surface area contributed by atoms with E-state index in [1.807, 2.05) is 0 Å². The highest BCUT2D eigenvalue weighted by Crippen LogP contribution is 2.61. The summed E-state index contributed by atoms with van der Waals surface area (Å²) >= 11 is 0. The van der Waals surface area contributed by atoms with Crippen molar-refractivity contribution < 1.29 is 54.3 Å². The zero-order valence-corrected chi connectivity index (χ0v) is 28.4. The number of hydrogen-bond acceptors (Lipinski definition) is 8. The SMILES string of the molecule is O=C(CC1OC2(OC1=O)C1CC3CC(C1)CC2C3)OCCC(F)(F)C(F)(F)S(=O)(=O)[O-].c1ccc([S+](c2ccccc2)c2ccccc2)cc1. The summed E-state index contributed by atoms with van der Waals surface area (Å²) in [4.78, 5) is 28.3. The van der Waals surface area contributed by atoms with Gasteiger partial charge in [0.25, 0.3) is 0 Å². The van der Waals surface area contributed by atoms with Gasteiger partial charge in [0.05, 0.1) is 30.3 Å². The number of halogens is 4. The highest BCUT2D eigenvalue weighted by molar-refractivity contribution is 7.97. The minimum absolute atomic E-state index is 0.0146. The lowest BCUT2D eigenvalue weighted by Crippen LogP contribution is -2.58. The smallest absolute Gasteiger partial charge is 0.396 e. The molecule has 4 aliphatic carbocycles. The second-order valence-electron chi connectivity index (χ2n) is 13.1. The van der Waals surface area contributed by atoms with Crippen LogP contribution < -0.4 is 0 Å². The van der Waals surface area contributed by atoms with Gasteiger partial charge in [-0.2, -0.15) is 17.6 Å². The Balaban J connectivity index is 0.000000194. The third-order valence-corrected chi connectivity index (χ3v) is 13.0. The molecule has 0 aromatic heterocycles. The molecule has 0 N–H and O–H groups in total. The fourth-order valence-corrected chi connectivity index (χ4v) is 10.3. The maximum absolute atomic E-state index is 13.4. The molecule has 8 rings (SSSR count). The van der Waals surface area contributed by atoms with Crippen LogP contribution >= 0.6 is 0 Å². The molecule has 1 spiro atoms. The van der Waals surface area contributed by atoms with Gasteiger partial charge in [0.1, 0.15) is 0 Å². The summed E-state index contributed by atoms with van der Waals surface area (Å²) in [5.41, 5.74) is 0. The number of rotatable bonds is 10. The Labute approximate surface area is 290 Å². The van der Waals surface area contributed by atoms with Crippen molar-refractivity contribution in [1.29, 1.82) is 0 Å². The van der Waals surface area contributed by atoms with Gasteiger partial charge in [-0.3, -0.25) is 4.79 Å². The summed E-state index contributed by atoms with van der Waals surface area (Å²) in [5, 5.41) is -5.85. The van der Waals surface area contributed by atoms with E-state index in [0.29, 0.717) is 11.8 Å². The number of carbonyl (C=O) groups is 2. The van der Waals surface area contributed by atoms with Crippen LogP contribution in [0.1, 0.15) is 44.9 Å². The summed E-state index contributed by atoms with van der Waals surface area (Å²) in [6.07, 6.45) is 0.771. The van der Waals surface area contributed by atoms with Crippen LogP contribution in [-0.2, 0) is 44.8 Å². The van der Waals surface area contributed by atoms with Gasteiger partial charge in [-0.1, -0.05) is 54.6 Å². The van der Waals surface area contributed by atoms with Crippen LogP contribution in [0.3, 0.4) is 0 Å². The minimum Gasteiger partial charge on any atom is -0.743 e. The first kappa shape index (κ1) is 36.3. The molecule has 3 aromatic rings. The van der Waals surface area contributed by atoms with Gasteiger partial charge in [0.15, 0.2) is 30.9 Å². The van der Waals surface area contributed by atoms with Crippen LogP contribution in [0.25, 0.3) is 0 Å². The Bertz CT molecular complexity index is 1640. The number of hydrogen-bond donors (Lipinski definition) is 0. The molecule has 14 heteroatoms. The molecule has 3 aromatic carbocycles. The largest absolute Gasteiger partial charge is 0.743 e. The van der Waals surface area contributed by atoms with E-state index in [-0.39, 0.29) is 22.7 Å². The first-order valence-electron chi connectivity index (χ1n) is 16.4. The Morgan fingerprint density at radius 3 is 1.66 bits per heavy atom. The number of alkyl halides is 4. The number of esters is 2. The molecule has 0 radical (unpaired) electrons. The van der Waals surface area contributed by atoms with E-state index in [2.05, 4.69) is 95.7 Å². The van der Waals surface area contributed by atoms with Crippen molar-refractivity contribution in [3.8, 4) is 0 Å². The summed E-state index contributed by atoms with van der Waals surface area (Å²) in [5.74, 6) is -7.07. The molecule has 1 atom stereocenters. The van der Waals surface area contributed by atoms with Crippen LogP contribution in [-0.4, -0.2) is 54.6 Å². The number of carbonyl (C=O) groups excluding carboxylic acids is 2. The lowest BCUT2D eigenvalue weighted by Gasteiger charge is -2.57. The normalized spacial score (nSPS) is 27.2. The number of benzene rings is 3. The lowest BCUT2D eigenvalue weighted by molar-refractivity contribution is -0.290. The van der Waals surface area contributed by atoms with Crippen LogP contribution in [0.5, 0.6) is 0 Å². The molecule has 8 nitrogen and oxygen atoms in total. The van der Waals surface area contributed by atoms with Crippen molar-refractivity contribution in [2.75, 3.05) is 6.61 Å². The van der Waals surface area contributed by atoms with Gasteiger partial charge >= 0.3 is 23.1 Å². The van der Waals surface area contributed by atoms with E-state index < -0.39 is 64.6 Å². The first-order chi connectivity index (χ1) is 23.7. The molecule has 5 aliphatic rings. The average molecular weight is 737 g/mol. The predicted molar refractivity (Wildman–Crippen MR) is 172 cm³/mol. The number of ether oxygens (including phenoxy) is 3. The monoisotopic (exact) mass is 736 g/mol. The van der Waals surface area contributed by atoms with E-state index in [0.717, 1.165) is 32.1 Å². The molecule has 4 bridgehead atoms. The fourth-order valence-electron chi connectivity index (χ4n) is 7.75. The van der Waals surface area contributed by atoms with E-state index in [9.17, 15) is 40.1 Å². The summed E-state index contributed by atoms with van der Waals surface area (Å²) in [7, 11) is -6.63. The van der Waals surface area contributed by atoms with Gasteiger partial charge in [0.2, 0.25) is 5.79 Å². The molecular weight excluding hydrogens is 701 g/mol. The van der Waals surface area contributed by atoms with Crippen molar-refractivity contribution in [2.24, 2.45) is 23.7 Å². The minimum atomic E-state index is -6.62. The maximum atomic E-state index is 13.4. The van der Waals surface area contributed by atoms with Crippen molar-refractivity contribution in [2.45, 2.75) is 82.7 Å². The topological polar surface area (TPSA) is 119 Å². The highest BCUT2D eigenvalue weighted by atomic mass is 32.2. The quantitative estimate of drug-likeness (QED) is 0.0949. The van der Waals surface area contributed by atoms with E-state index in [4.69, 9.17) is 9.47 Å². The Morgan fingerprint density at radius 1 is 0.800 bits per heavy atom. The Hall–Kier alpha value is -3.46. The molecule has 1 heterocycles. The summed E-state index contributed by atoms with van der Waals surface area (Å²) in [6.45, 7) is -1.28. The second kappa shape index (κ2) is 14.3. The van der Waals surface area contributed by atoms with Crippen molar-refractivity contribution >= 4 is 33.0 Å². The van der Waals surface area contributed by atoms with Crippen molar-refractivity contribution in [1.82, 2.24) is 0 Å². The lowest BCUT2D eigenvalue weighted by atomic mass is 9.53. The summed E-state index contributed by atoms with van der Waals surface area (Å²) < 4.78 is 100.0. The van der Waals surface area contributed by atoms with E-state index in [1.165, 1.54) is 14.7 Å². The molecule has 0 amide bonds. The van der Waals surface area contributed by atoms with Gasteiger partial charge in [-0.05, 0) is 80.3 Å². The highest BCUT2D eigenvalue weighted by Gasteiger charge is 2.65. The standard InChI is InChI=1S/C18H22F4O8S.C18H15S/c19-16(20,18(21,22)31(25,26)27)1-2-28-14(23)8-13-15(24)30-17(29-13)11-4-9-3-10(6-11)7-12(17)5-9;1-4-10-16(11-5-1)19(17-12-6-2-7-13-17)18-14-8-3-9-15-18/h9-13H,1-8H2,(H,25,26,27);1-15H/q;+1/p-1. The average Bonchev–Trinajstić information content (AvgIpc) is 3.40. The molecule has 5 fully saturated rings. The van der Waals surface area contributed by atoms with Crippen molar-refractivity contribution in [3.05, 3.63) is 91.0 Å². The van der Waals surface area contributed by atoms with E-state index in [1.54, 1.807) is 0 Å². The fraction of sp³-hybridized carbons (Fsp3) is 0.444. The predicted octanol–water partition coefficient (Wildman–Crippen LogP) is 6.96. The van der Waals surface area contributed by atoms with Gasteiger partial charge in [0, 0.05) is 11.8 Å². The van der Waals surface area contributed by atoms with Gasteiger partial charge in [-0.15, -0.1) is 0 Å². The first-order valence-corrected chi connectivity index (χ1v) is 19.0. The molecular formula is C36H36F4O8S2. The molecule has 1 aliphatic heterocycles. The maximum Gasteiger partial charge on any atom is 0.396 e. The Kier molecular flexibility index (Phi) is 10.4. The summed E-state index contributed by atoms with van der Waals surface area (Å²) in [6, 6.07) is 32.2. The molecule has 1 unspecified atom stereocenters. The second-order valence-corrected chi connectivity index (χ2v) is 16.6. The van der Waals surface area contributed by atoms with Gasteiger partial charge in [-0.25, -0.2) is 13.2 Å². The van der Waals surface area contributed by atoms with Crippen LogP contribution in [0.15, 0.2) is 106 Å². The third kappa shape index (κ3) is 7.30. The molecule has 268 valence electrons. The zero-order valence-electron chi connectivity index (χ0n) is 26.8. The molecule has 1 saturated heterocycles. The van der Waals surface area contributed by atoms with Gasteiger partial charge < -0.3 is 18.8 Å². The molecule has 50 heavy (non-hydrogen) atoms. The molecule has 4 saturated carbocycles. The van der Waals surface area contributed by atoms with E-state index >= 15 is 0 Å². The van der Waals surface area contributed by atoms with Crippen LogP contribution in [0, 0.1) is 23.7 Å².